The Labute approximate surface area is 253 Å². The lowest BCUT2D eigenvalue weighted by atomic mass is 9.90. The van der Waals surface area contributed by atoms with Gasteiger partial charge in [0.15, 0.2) is 6.29 Å². The fourth-order valence-corrected chi connectivity index (χ4v) is 4.98. The SMILES string of the molecule is CCOC(=O)CNC(=O)NCc1ccc([C@H]2O[C@@H](CN(C)CCc3ccccn3)[C@@H](C)[C@@H](c3ccc(CO)cc3)O2)cc1. The van der Waals surface area contributed by atoms with E-state index in [2.05, 4.69) is 34.5 Å². The third-order valence-electron chi connectivity index (χ3n) is 7.49. The molecule has 0 bridgehead atoms. The van der Waals surface area contributed by atoms with E-state index in [9.17, 15) is 14.7 Å². The van der Waals surface area contributed by atoms with Crippen LogP contribution in [0, 0.1) is 5.92 Å². The maximum atomic E-state index is 12.0. The minimum atomic E-state index is -0.581. The molecule has 1 aliphatic heterocycles. The zero-order chi connectivity index (χ0) is 30.6. The topological polar surface area (TPSA) is 122 Å². The first kappa shape index (κ1) is 32.1. The molecular formula is C33H42N4O6. The lowest BCUT2D eigenvalue weighted by molar-refractivity contribution is -0.275. The van der Waals surface area contributed by atoms with Gasteiger partial charge in [-0.05, 0) is 42.8 Å². The number of likely N-dealkylation sites (N-methyl/N-ethyl adjacent to an activating group) is 1. The minimum Gasteiger partial charge on any atom is -0.465 e. The van der Waals surface area contributed by atoms with Crippen molar-refractivity contribution >= 4 is 12.0 Å². The minimum absolute atomic E-state index is 0.00888. The number of rotatable bonds is 13. The van der Waals surface area contributed by atoms with Crippen LogP contribution in [0.25, 0.3) is 0 Å². The van der Waals surface area contributed by atoms with Crippen molar-refractivity contribution in [2.24, 2.45) is 5.92 Å². The van der Waals surface area contributed by atoms with E-state index in [1.807, 2.05) is 72.9 Å². The molecule has 2 aromatic carbocycles. The zero-order valence-electron chi connectivity index (χ0n) is 25.1. The molecule has 10 heteroatoms. The average molecular weight is 591 g/mol. The number of amides is 2. The number of nitrogens with one attached hydrogen (secondary N) is 2. The highest BCUT2D eigenvalue weighted by Gasteiger charge is 2.38. The summed E-state index contributed by atoms with van der Waals surface area (Å²) < 4.78 is 18.0. The van der Waals surface area contributed by atoms with Crippen molar-refractivity contribution in [3.63, 3.8) is 0 Å². The van der Waals surface area contributed by atoms with Crippen molar-refractivity contribution < 1.29 is 28.9 Å². The number of aliphatic hydroxyl groups is 1. The molecule has 1 fully saturated rings. The van der Waals surface area contributed by atoms with E-state index in [4.69, 9.17) is 14.2 Å². The van der Waals surface area contributed by atoms with Crippen molar-refractivity contribution in [3.05, 3.63) is 101 Å². The Morgan fingerprint density at radius 3 is 2.37 bits per heavy atom. The smallest absolute Gasteiger partial charge is 0.325 e. The standard InChI is InChI=1S/C33H42N4O6/c1-4-41-30(39)20-36-33(40)35-19-24-8-14-27(15-9-24)32-42-29(21-37(3)18-16-28-7-5-6-17-34-28)23(2)31(43-32)26-12-10-25(22-38)11-13-26/h5-15,17,23,29,31-32,38H,4,16,18-22H2,1-3H3,(H2,35,36,40)/t23-,29+,31+,32+/m1/s1. The number of hydrogen-bond donors (Lipinski definition) is 3. The molecule has 1 saturated heterocycles. The van der Waals surface area contributed by atoms with Crippen LogP contribution < -0.4 is 10.6 Å². The summed E-state index contributed by atoms with van der Waals surface area (Å²) in [6, 6.07) is 21.1. The maximum Gasteiger partial charge on any atom is 0.325 e. The van der Waals surface area contributed by atoms with Crippen molar-refractivity contribution in [1.29, 1.82) is 0 Å². The van der Waals surface area contributed by atoms with Crippen molar-refractivity contribution in [2.45, 2.75) is 51.9 Å². The second-order valence-corrected chi connectivity index (χ2v) is 10.7. The number of ether oxygens (including phenoxy) is 3. The number of esters is 1. The van der Waals surface area contributed by atoms with Gasteiger partial charge in [-0.1, -0.05) is 61.5 Å². The molecular weight excluding hydrogens is 548 g/mol. The molecule has 0 spiro atoms. The number of aromatic nitrogens is 1. The highest BCUT2D eigenvalue weighted by atomic mass is 16.7. The van der Waals surface area contributed by atoms with Gasteiger partial charge in [0.1, 0.15) is 6.54 Å². The normalized spacial score (nSPS) is 20.0. The van der Waals surface area contributed by atoms with E-state index in [1.165, 1.54) is 0 Å². The third kappa shape index (κ3) is 9.59. The van der Waals surface area contributed by atoms with Crippen LogP contribution in [0.4, 0.5) is 4.79 Å². The van der Waals surface area contributed by atoms with Crippen LogP contribution in [0.15, 0.2) is 72.9 Å². The number of urea groups is 1. The van der Waals surface area contributed by atoms with Gasteiger partial charge in [0.05, 0.1) is 25.4 Å². The number of benzene rings is 2. The average Bonchev–Trinajstić information content (AvgIpc) is 3.03. The van der Waals surface area contributed by atoms with Crippen LogP contribution in [0.3, 0.4) is 0 Å². The Hall–Kier alpha value is -3.83. The van der Waals surface area contributed by atoms with Crippen molar-refractivity contribution in [1.82, 2.24) is 20.5 Å². The molecule has 1 aromatic heterocycles. The first-order chi connectivity index (χ1) is 20.9. The lowest BCUT2D eigenvalue weighted by Crippen LogP contribution is -2.44. The number of carbonyl (C=O) groups excluding carboxylic acids is 2. The van der Waals surface area contributed by atoms with Gasteiger partial charge in [-0.15, -0.1) is 0 Å². The first-order valence-corrected chi connectivity index (χ1v) is 14.7. The molecule has 2 amide bonds. The number of hydrogen-bond acceptors (Lipinski definition) is 8. The van der Waals surface area contributed by atoms with E-state index in [-0.39, 0.29) is 37.9 Å². The second kappa shape index (κ2) is 16.1. The van der Waals surface area contributed by atoms with E-state index in [1.54, 1.807) is 6.92 Å². The molecule has 43 heavy (non-hydrogen) atoms. The van der Waals surface area contributed by atoms with E-state index in [0.717, 1.165) is 47.5 Å². The van der Waals surface area contributed by atoms with Crippen LogP contribution >= 0.6 is 0 Å². The number of carbonyl (C=O) groups is 2. The molecule has 2 heterocycles. The Kier molecular flexibility index (Phi) is 12.0. The summed E-state index contributed by atoms with van der Waals surface area (Å²) >= 11 is 0. The third-order valence-corrected chi connectivity index (χ3v) is 7.49. The van der Waals surface area contributed by atoms with Gasteiger partial charge < -0.3 is 34.9 Å². The van der Waals surface area contributed by atoms with Crippen LogP contribution in [0.5, 0.6) is 0 Å². The Balaban J connectivity index is 1.41. The van der Waals surface area contributed by atoms with Gasteiger partial charge in [0, 0.05) is 49.4 Å². The molecule has 10 nitrogen and oxygen atoms in total. The molecule has 3 aromatic rings. The van der Waals surface area contributed by atoms with E-state index < -0.39 is 18.3 Å². The van der Waals surface area contributed by atoms with Crippen LogP contribution in [0.1, 0.15) is 54.2 Å². The lowest BCUT2D eigenvalue weighted by Gasteiger charge is -2.42. The fraction of sp³-hybridized carbons (Fsp3) is 0.424. The number of nitrogens with zero attached hydrogens (tertiary/aromatic N) is 2. The van der Waals surface area contributed by atoms with Gasteiger partial charge in [-0.3, -0.25) is 9.78 Å². The van der Waals surface area contributed by atoms with Crippen LogP contribution in [-0.4, -0.2) is 66.4 Å². The van der Waals surface area contributed by atoms with Gasteiger partial charge in [-0.2, -0.15) is 0 Å². The van der Waals surface area contributed by atoms with Gasteiger partial charge >= 0.3 is 12.0 Å². The monoisotopic (exact) mass is 590 g/mol. The summed E-state index contributed by atoms with van der Waals surface area (Å²) in [5.74, 6) is -0.408. The summed E-state index contributed by atoms with van der Waals surface area (Å²) in [5, 5.41) is 14.7. The Morgan fingerprint density at radius 2 is 1.70 bits per heavy atom. The van der Waals surface area contributed by atoms with Gasteiger partial charge in [-0.25, -0.2) is 4.79 Å². The van der Waals surface area contributed by atoms with Crippen molar-refractivity contribution in [3.8, 4) is 0 Å². The maximum absolute atomic E-state index is 12.0. The predicted octanol–water partition coefficient (Wildman–Crippen LogP) is 3.90. The molecule has 3 N–H and O–H groups in total. The summed E-state index contributed by atoms with van der Waals surface area (Å²) in [5.41, 5.74) is 4.71. The number of aliphatic hydroxyl groups excluding tert-OH is 1. The Bertz CT molecular complexity index is 1290. The van der Waals surface area contributed by atoms with Crippen LogP contribution in [-0.2, 0) is 38.6 Å². The largest absolute Gasteiger partial charge is 0.465 e. The molecule has 1 aliphatic rings. The van der Waals surface area contributed by atoms with Crippen LogP contribution in [0.2, 0.25) is 0 Å². The summed E-state index contributed by atoms with van der Waals surface area (Å²) in [6.45, 7) is 5.80. The van der Waals surface area contributed by atoms with Gasteiger partial charge in [0.25, 0.3) is 0 Å². The second-order valence-electron chi connectivity index (χ2n) is 10.7. The zero-order valence-corrected chi connectivity index (χ0v) is 25.1. The molecule has 230 valence electrons. The molecule has 0 radical (unpaired) electrons. The molecule has 4 rings (SSSR count). The first-order valence-electron chi connectivity index (χ1n) is 14.7. The predicted molar refractivity (Wildman–Crippen MR) is 162 cm³/mol. The number of pyridine rings is 1. The summed E-state index contributed by atoms with van der Waals surface area (Å²) in [4.78, 5) is 30.2. The van der Waals surface area contributed by atoms with Gasteiger partial charge in [0.2, 0.25) is 0 Å². The highest BCUT2D eigenvalue weighted by Crippen LogP contribution is 2.41. The molecule has 4 atom stereocenters. The molecule has 0 saturated carbocycles. The summed E-state index contributed by atoms with van der Waals surface area (Å²) in [6.07, 6.45) is 1.78. The Morgan fingerprint density at radius 1 is 0.977 bits per heavy atom. The fourth-order valence-electron chi connectivity index (χ4n) is 4.98. The van der Waals surface area contributed by atoms with E-state index in [0.29, 0.717) is 6.54 Å². The summed E-state index contributed by atoms with van der Waals surface area (Å²) in [7, 11) is 2.10. The molecule has 0 aliphatic carbocycles. The quantitative estimate of drug-likeness (QED) is 0.256. The van der Waals surface area contributed by atoms with E-state index >= 15 is 0 Å². The highest BCUT2D eigenvalue weighted by molar-refractivity contribution is 5.80. The van der Waals surface area contributed by atoms with Crippen molar-refractivity contribution in [2.75, 3.05) is 33.3 Å². The molecule has 0 unspecified atom stereocenters.